The van der Waals surface area contributed by atoms with Gasteiger partial charge in [0.15, 0.2) is 0 Å². The number of benzene rings is 1. The Morgan fingerprint density at radius 2 is 2.05 bits per heavy atom. The molecule has 0 aliphatic heterocycles. The van der Waals surface area contributed by atoms with Crippen molar-refractivity contribution >= 4 is 17.2 Å². The summed E-state index contributed by atoms with van der Waals surface area (Å²) in [5.74, 6) is 5.69. The van der Waals surface area contributed by atoms with E-state index in [9.17, 15) is 4.79 Å². The number of rotatable bonds is 7. The van der Waals surface area contributed by atoms with Gasteiger partial charge in [0.25, 0.3) is 5.91 Å². The number of nitrogen functional groups attached to an aromatic ring is 1. The summed E-state index contributed by atoms with van der Waals surface area (Å²) in [6.07, 6.45) is 3.50. The van der Waals surface area contributed by atoms with Crippen molar-refractivity contribution in [2.45, 2.75) is 32.8 Å². The zero-order valence-corrected chi connectivity index (χ0v) is 12.9. The lowest BCUT2D eigenvalue weighted by Crippen LogP contribution is -2.30. The van der Waals surface area contributed by atoms with Crippen LogP contribution in [0.4, 0.5) is 0 Å². The van der Waals surface area contributed by atoms with Crippen molar-refractivity contribution in [3.8, 4) is 5.75 Å². The average molecular weight is 304 g/mol. The number of aryl methyl sites for hydroxylation is 1. The highest BCUT2D eigenvalue weighted by Crippen LogP contribution is 2.20. The summed E-state index contributed by atoms with van der Waals surface area (Å²) in [4.78, 5) is 12.2. The first-order chi connectivity index (χ1) is 10.2. The fraction of sp³-hybridized carbons (Fsp3) is 0.312. The van der Waals surface area contributed by atoms with Gasteiger partial charge in [0.05, 0.1) is 4.88 Å². The Morgan fingerprint density at radius 3 is 2.71 bits per heavy atom. The number of ether oxygens (including phenoxy) is 1. The molecule has 0 fully saturated rings. The van der Waals surface area contributed by atoms with E-state index in [1.807, 2.05) is 23.6 Å². The zero-order chi connectivity index (χ0) is 15.1. The first kappa shape index (κ1) is 15.5. The van der Waals surface area contributed by atoms with Crippen LogP contribution >= 0.6 is 11.3 Å². The number of hydrazine groups is 1. The van der Waals surface area contributed by atoms with Gasteiger partial charge in [-0.05, 0) is 42.0 Å². The SMILES string of the molecule is CCCCc1ccc(OCc2ccsc2C(=O)NN)cc1. The molecule has 4 nitrogen and oxygen atoms in total. The van der Waals surface area contributed by atoms with Crippen LogP contribution in [0.3, 0.4) is 0 Å². The molecule has 1 amide bonds. The van der Waals surface area contributed by atoms with Crippen LogP contribution in [0, 0.1) is 0 Å². The van der Waals surface area contributed by atoms with Crippen LogP contribution in [0.5, 0.6) is 5.75 Å². The van der Waals surface area contributed by atoms with Gasteiger partial charge in [0.1, 0.15) is 12.4 Å². The fourth-order valence-electron chi connectivity index (χ4n) is 2.01. The molecular weight excluding hydrogens is 284 g/mol. The van der Waals surface area contributed by atoms with E-state index < -0.39 is 0 Å². The Balaban J connectivity index is 1.94. The highest BCUT2D eigenvalue weighted by Gasteiger charge is 2.12. The molecule has 0 radical (unpaired) electrons. The molecule has 0 unspecified atom stereocenters. The summed E-state index contributed by atoms with van der Waals surface area (Å²) in [6, 6.07) is 10.0. The van der Waals surface area contributed by atoms with Crippen molar-refractivity contribution in [3.63, 3.8) is 0 Å². The number of hydrogen-bond donors (Lipinski definition) is 2. The van der Waals surface area contributed by atoms with Gasteiger partial charge in [-0.3, -0.25) is 10.2 Å². The van der Waals surface area contributed by atoms with Crippen LogP contribution in [-0.4, -0.2) is 5.91 Å². The molecule has 2 rings (SSSR count). The number of carbonyl (C=O) groups is 1. The quantitative estimate of drug-likeness (QED) is 0.469. The predicted octanol–water partition coefficient (Wildman–Crippen LogP) is 3.27. The number of amides is 1. The molecule has 0 saturated heterocycles. The largest absolute Gasteiger partial charge is 0.489 e. The third-order valence-corrected chi connectivity index (χ3v) is 4.18. The van der Waals surface area contributed by atoms with Gasteiger partial charge in [0.2, 0.25) is 0 Å². The lowest BCUT2D eigenvalue weighted by atomic mass is 10.1. The summed E-state index contributed by atoms with van der Waals surface area (Å²) >= 11 is 1.36. The van der Waals surface area contributed by atoms with Gasteiger partial charge >= 0.3 is 0 Å². The van der Waals surface area contributed by atoms with Gasteiger partial charge in [-0.1, -0.05) is 25.5 Å². The third-order valence-electron chi connectivity index (χ3n) is 3.22. The number of thiophene rings is 1. The number of unbranched alkanes of at least 4 members (excludes halogenated alkanes) is 1. The predicted molar refractivity (Wildman–Crippen MR) is 85.4 cm³/mol. The molecule has 0 bridgehead atoms. The standard InChI is InChI=1S/C16H20N2O2S/c1-2-3-4-12-5-7-14(8-6-12)20-11-13-9-10-21-15(13)16(19)18-17/h5-10H,2-4,11,17H2,1H3,(H,18,19). The normalized spacial score (nSPS) is 10.4. The van der Waals surface area contributed by atoms with Gasteiger partial charge in [-0.2, -0.15) is 0 Å². The molecule has 5 heteroatoms. The second kappa shape index (κ2) is 7.81. The van der Waals surface area contributed by atoms with E-state index in [-0.39, 0.29) is 5.91 Å². The summed E-state index contributed by atoms with van der Waals surface area (Å²) in [5, 5.41) is 1.86. The van der Waals surface area contributed by atoms with E-state index in [1.54, 1.807) is 0 Å². The number of nitrogens with one attached hydrogen (secondary N) is 1. The molecule has 0 aliphatic carbocycles. The van der Waals surface area contributed by atoms with Gasteiger partial charge < -0.3 is 4.74 Å². The van der Waals surface area contributed by atoms with Crippen molar-refractivity contribution < 1.29 is 9.53 Å². The topological polar surface area (TPSA) is 64.3 Å². The van der Waals surface area contributed by atoms with Crippen molar-refractivity contribution in [2.75, 3.05) is 0 Å². The molecule has 2 aromatic rings. The Bertz CT molecular complexity index is 578. The summed E-state index contributed by atoms with van der Waals surface area (Å²) < 4.78 is 5.73. The number of carbonyl (C=O) groups excluding carboxylic acids is 1. The molecule has 0 spiro atoms. The smallest absolute Gasteiger partial charge is 0.275 e. The number of hydrogen-bond acceptors (Lipinski definition) is 4. The lowest BCUT2D eigenvalue weighted by molar-refractivity contribution is 0.0955. The lowest BCUT2D eigenvalue weighted by Gasteiger charge is -2.08. The van der Waals surface area contributed by atoms with Crippen LogP contribution in [0.25, 0.3) is 0 Å². The monoisotopic (exact) mass is 304 g/mol. The van der Waals surface area contributed by atoms with Crippen molar-refractivity contribution in [1.82, 2.24) is 5.43 Å². The molecule has 21 heavy (non-hydrogen) atoms. The first-order valence-electron chi connectivity index (χ1n) is 7.03. The van der Waals surface area contributed by atoms with E-state index in [1.165, 1.54) is 29.7 Å². The van der Waals surface area contributed by atoms with Gasteiger partial charge in [0, 0.05) is 5.56 Å². The molecule has 1 aromatic carbocycles. The second-order valence-corrected chi connectivity index (χ2v) is 5.70. The van der Waals surface area contributed by atoms with E-state index in [0.29, 0.717) is 11.5 Å². The van der Waals surface area contributed by atoms with E-state index in [2.05, 4.69) is 24.5 Å². The van der Waals surface area contributed by atoms with Gasteiger partial charge in [-0.15, -0.1) is 11.3 Å². The minimum absolute atomic E-state index is 0.279. The summed E-state index contributed by atoms with van der Waals surface area (Å²) in [5.41, 5.74) is 4.32. The van der Waals surface area contributed by atoms with E-state index in [0.717, 1.165) is 17.7 Å². The highest BCUT2D eigenvalue weighted by molar-refractivity contribution is 7.12. The Morgan fingerprint density at radius 1 is 1.29 bits per heavy atom. The maximum absolute atomic E-state index is 11.6. The molecule has 1 aromatic heterocycles. The summed E-state index contributed by atoms with van der Waals surface area (Å²) in [6.45, 7) is 2.55. The minimum atomic E-state index is -0.279. The Hall–Kier alpha value is -1.85. The van der Waals surface area contributed by atoms with Crippen LogP contribution in [0.1, 0.15) is 40.6 Å². The first-order valence-corrected chi connectivity index (χ1v) is 7.91. The van der Waals surface area contributed by atoms with Crippen LogP contribution in [0.15, 0.2) is 35.7 Å². The molecule has 0 aliphatic rings. The van der Waals surface area contributed by atoms with Crippen molar-refractivity contribution in [2.24, 2.45) is 5.84 Å². The van der Waals surface area contributed by atoms with Crippen molar-refractivity contribution in [1.29, 1.82) is 0 Å². The van der Waals surface area contributed by atoms with Gasteiger partial charge in [-0.25, -0.2) is 5.84 Å². The van der Waals surface area contributed by atoms with Crippen molar-refractivity contribution in [3.05, 3.63) is 51.7 Å². The maximum Gasteiger partial charge on any atom is 0.275 e. The second-order valence-electron chi connectivity index (χ2n) is 4.78. The molecule has 0 saturated carbocycles. The molecule has 3 N–H and O–H groups in total. The molecular formula is C16H20N2O2S. The van der Waals surface area contributed by atoms with Crippen LogP contribution in [-0.2, 0) is 13.0 Å². The Labute approximate surface area is 128 Å². The molecule has 0 atom stereocenters. The summed E-state index contributed by atoms with van der Waals surface area (Å²) in [7, 11) is 0. The van der Waals surface area contributed by atoms with E-state index in [4.69, 9.17) is 10.6 Å². The molecule has 1 heterocycles. The minimum Gasteiger partial charge on any atom is -0.489 e. The molecule has 112 valence electrons. The average Bonchev–Trinajstić information content (AvgIpc) is 2.99. The third kappa shape index (κ3) is 4.31. The van der Waals surface area contributed by atoms with Crippen LogP contribution in [0.2, 0.25) is 0 Å². The highest BCUT2D eigenvalue weighted by atomic mass is 32.1. The fourth-order valence-corrected chi connectivity index (χ4v) is 2.82. The van der Waals surface area contributed by atoms with Crippen LogP contribution < -0.4 is 16.0 Å². The maximum atomic E-state index is 11.6. The number of nitrogens with two attached hydrogens (primary N) is 1. The zero-order valence-electron chi connectivity index (χ0n) is 12.1. The Kier molecular flexibility index (Phi) is 5.78. The van der Waals surface area contributed by atoms with E-state index >= 15 is 0 Å².